The van der Waals surface area contributed by atoms with Crippen LogP contribution in [0.25, 0.3) is 0 Å². The van der Waals surface area contributed by atoms with E-state index in [-0.39, 0.29) is 12.0 Å². The molecule has 10 heteroatoms. The Morgan fingerprint density at radius 2 is 1.21 bits per heavy atom. The summed E-state index contributed by atoms with van der Waals surface area (Å²) in [5.74, 6) is 0. The summed E-state index contributed by atoms with van der Waals surface area (Å²) in [5.41, 5.74) is -1.42. The number of rotatable bonds is 14. The lowest BCUT2D eigenvalue weighted by atomic mass is 10.0. The van der Waals surface area contributed by atoms with E-state index >= 15 is 0 Å². The number of nitro groups is 2. The molecule has 0 amide bonds. The van der Waals surface area contributed by atoms with E-state index in [1.54, 1.807) is 0 Å². The summed E-state index contributed by atoms with van der Waals surface area (Å²) in [6, 6.07) is 1.35. The van der Waals surface area contributed by atoms with Gasteiger partial charge in [0.1, 0.15) is 10.5 Å². The number of nitrogens with zero attached hydrogens (tertiary/aromatic N) is 2. The minimum absolute atomic E-state index is 0.106. The van der Waals surface area contributed by atoms with Crippen molar-refractivity contribution < 1.29 is 22.8 Å². The highest BCUT2D eigenvalue weighted by molar-refractivity contribution is 7.85. The largest absolute Gasteiger partial charge is 0.295 e. The number of hydrogen-bond acceptors (Lipinski definition) is 6. The predicted molar refractivity (Wildman–Crippen MR) is 105 cm³/mol. The molecule has 0 radical (unpaired) electrons. The molecule has 0 bridgehead atoms. The Bertz CT molecular complexity index is 743. The Morgan fingerprint density at radius 3 is 1.57 bits per heavy atom. The monoisotopic (exact) mass is 416 g/mol. The van der Waals surface area contributed by atoms with Crippen molar-refractivity contribution in [1.29, 1.82) is 0 Å². The van der Waals surface area contributed by atoms with Gasteiger partial charge in [0.2, 0.25) is 0 Å². The molecule has 0 aliphatic rings. The molecule has 0 saturated heterocycles. The molecule has 0 fully saturated rings. The highest BCUT2D eigenvalue weighted by Crippen LogP contribution is 2.33. The first-order valence-electron chi connectivity index (χ1n) is 9.61. The molecule has 0 unspecified atom stereocenters. The van der Waals surface area contributed by atoms with Crippen molar-refractivity contribution in [1.82, 2.24) is 0 Å². The van der Waals surface area contributed by atoms with Crippen molar-refractivity contribution in [2.45, 2.75) is 82.4 Å². The SMILES string of the molecule is CCCCCCCCCCCCc1c([N+](=O)[O-])cc(S(=O)(=O)O)cc1[N+](=O)[O-]. The van der Waals surface area contributed by atoms with Crippen LogP contribution in [0.4, 0.5) is 11.4 Å². The molecule has 158 valence electrons. The van der Waals surface area contributed by atoms with Gasteiger partial charge in [-0.2, -0.15) is 8.42 Å². The summed E-state index contributed by atoms with van der Waals surface area (Å²) in [7, 11) is -4.78. The van der Waals surface area contributed by atoms with E-state index in [0.717, 1.165) is 25.7 Å². The molecule has 0 spiro atoms. The lowest BCUT2D eigenvalue weighted by Gasteiger charge is -2.07. The maximum Gasteiger partial charge on any atom is 0.295 e. The maximum absolute atomic E-state index is 11.3. The standard InChI is InChI=1S/C18H28N2O7S/c1-2-3-4-5-6-7-8-9-10-11-12-16-17(19(21)22)13-15(28(25,26)27)14-18(16)20(23)24/h13-14H,2-12H2,1H3,(H,25,26,27). The Hall–Kier alpha value is -2.07. The van der Waals surface area contributed by atoms with Crippen LogP contribution in [-0.4, -0.2) is 22.8 Å². The van der Waals surface area contributed by atoms with Gasteiger partial charge in [-0.05, 0) is 12.8 Å². The van der Waals surface area contributed by atoms with Crippen molar-refractivity contribution in [2.24, 2.45) is 0 Å². The molecule has 1 rings (SSSR count). The summed E-state index contributed by atoms with van der Waals surface area (Å²) in [6.45, 7) is 2.17. The zero-order valence-electron chi connectivity index (χ0n) is 16.1. The van der Waals surface area contributed by atoms with E-state index in [9.17, 15) is 28.6 Å². The second-order valence-corrected chi connectivity index (χ2v) is 8.28. The zero-order chi connectivity index (χ0) is 21.2. The van der Waals surface area contributed by atoms with Crippen LogP contribution in [0.2, 0.25) is 0 Å². The summed E-state index contributed by atoms with van der Waals surface area (Å²) in [6.07, 6.45) is 10.7. The van der Waals surface area contributed by atoms with Gasteiger partial charge in [-0.25, -0.2) is 0 Å². The first-order chi connectivity index (χ1) is 13.2. The number of unbranched alkanes of at least 4 members (excludes halogenated alkanes) is 9. The lowest BCUT2D eigenvalue weighted by Crippen LogP contribution is -2.06. The molecule has 0 aliphatic carbocycles. The Morgan fingerprint density at radius 1 is 0.821 bits per heavy atom. The summed E-state index contributed by atoms with van der Waals surface area (Å²) in [4.78, 5) is 20.0. The highest BCUT2D eigenvalue weighted by Gasteiger charge is 2.29. The van der Waals surface area contributed by atoms with Gasteiger partial charge in [0.25, 0.3) is 21.5 Å². The Labute approximate surface area is 165 Å². The number of nitro benzene ring substituents is 2. The van der Waals surface area contributed by atoms with E-state index in [2.05, 4.69) is 6.92 Å². The fourth-order valence-electron chi connectivity index (χ4n) is 3.14. The van der Waals surface area contributed by atoms with Crippen molar-refractivity contribution in [3.8, 4) is 0 Å². The van der Waals surface area contributed by atoms with Crippen LogP contribution >= 0.6 is 0 Å². The second kappa shape index (κ2) is 11.7. The third kappa shape index (κ3) is 7.89. The van der Waals surface area contributed by atoms with E-state index in [1.165, 1.54) is 32.1 Å². The first-order valence-corrected chi connectivity index (χ1v) is 11.1. The fraction of sp³-hybridized carbons (Fsp3) is 0.667. The van der Waals surface area contributed by atoms with Crippen LogP contribution in [0.3, 0.4) is 0 Å². The van der Waals surface area contributed by atoms with Crippen LogP contribution < -0.4 is 0 Å². The van der Waals surface area contributed by atoms with Gasteiger partial charge in [0.05, 0.1) is 9.85 Å². The van der Waals surface area contributed by atoms with Gasteiger partial charge in [-0.3, -0.25) is 24.8 Å². The van der Waals surface area contributed by atoms with Crippen molar-refractivity contribution in [3.63, 3.8) is 0 Å². The zero-order valence-corrected chi connectivity index (χ0v) is 16.9. The third-order valence-corrected chi connectivity index (χ3v) is 5.48. The Balaban J connectivity index is 2.69. The maximum atomic E-state index is 11.3. The molecular weight excluding hydrogens is 388 g/mol. The molecule has 0 atom stereocenters. The molecule has 0 saturated carbocycles. The van der Waals surface area contributed by atoms with E-state index in [1.807, 2.05) is 0 Å². The van der Waals surface area contributed by atoms with Gasteiger partial charge < -0.3 is 0 Å². The van der Waals surface area contributed by atoms with Gasteiger partial charge in [-0.1, -0.05) is 64.7 Å². The van der Waals surface area contributed by atoms with E-state index < -0.39 is 36.2 Å². The highest BCUT2D eigenvalue weighted by atomic mass is 32.2. The van der Waals surface area contributed by atoms with Gasteiger partial charge >= 0.3 is 0 Å². The normalized spacial score (nSPS) is 11.5. The molecule has 9 nitrogen and oxygen atoms in total. The number of hydrogen-bond donors (Lipinski definition) is 1. The molecule has 28 heavy (non-hydrogen) atoms. The first kappa shape index (κ1) is 24.0. The second-order valence-electron chi connectivity index (χ2n) is 6.86. The minimum Gasteiger partial charge on any atom is -0.282 e. The van der Waals surface area contributed by atoms with Crippen LogP contribution in [0.15, 0.2) is 17.0 Å². The summed E-state index contributed by atoms with van der Waals surface area (Å²) >= 11 is 0. The minimum atomic E-state index is -4.78. The molecule has 1 N–H and O–H groups in total. The van der Waals surface area contributed by atoms with Gasteiger partial charge in [0, 0.05) is 12.1 Å². The van der Waals surface area contributed by atoms with Crippen LogP contribution in [-0.2, 0) is 16.5 Å². The molecule has 0 aromatic heterocycles. The topological polar surface area (TPSA) is 141 Å². The molecule has 1 aromatic rings. The molecule has 1 aromatic carbocycles. The predicted octanol–water partition coefficient (Wildman–Crippen LogP) is 5.21. The average molecular weight is 416 g/mol. The molecule has 0 heterocycles. The van der Waals surface area contributed by atoms with Gasteiger partial charge in [0.15, 0.2) is 0 Å². The average Bonchev–Trinajstić information content (AvgIpc) is 2.61. The smallest absolute Gasteiger partial charge is 0.282 e. The van der Waals surface area contributed by atoms with Gasteiger partial charge in [-0.15, -0.1) is 0 Å². The van der Waals surface area contributed by atoms with Crippen LogP contribution in [0, 0.1) is 20.2 Å². The van der Waals surface area contributed by atoms with Crippen molar-refractivity contribution in [2.75, 3.05) is 0 Å². The fourth-order valence-corrected chi connectivity index (χ4v) is 3.66. The third-order valence-electron chi connectivity index (χ3n) is 4.65. The molecular formula is C18H28N2O7S. The Kier molecular flexibility index (Phi) is 10.0. The lowest BCUT2D eigenvalue weighted by molar-refractivity contribution is -0.395. The van der Waals surface area contributed by atoms with Crippen LogP contribution in [0.5, 0.6) is 0 Å². The van der Waals surface area contributed by atoms with Crippen molar-refractivity contribution >= 4 is 21.5 Å². The van der Waals surface area contributed by atoms with Crippen LogP contribution in [0.1, 0.15) is 76.7 Å². The molecule has 0 aliphatic heterocycles. The summed E-state index contributed by atoms with van der Waals surface area (Å²) < 4.78 is 31.6. The van der Waals surface area contributed by atoms with E-state index in [4.69, 9.17) is 4.55 Å². The summed E-state index contributed by atoms with van der Waals surface area (Å²) in [5, 5.41) is 22.5. The number of benzene rings is 1. The van der Waals surface area contributed by atoms with Crippen molar-refractivity contribution in [3.05, 3.63) is 37.9 Å². The quantitative estimate of drug-likeness (QED) is 0.190. The van der Waals surface area contributed by atoms with E-state index in [0.29, 0.717) is 18.6 Å².